The number of nitrogens with two attached hydrogens (primary N) is 1. The third-order valence-electron chi connectivity index (χ3n) is 7.11. The first kappa shape index (κ1) is 27.6. The largest absolute Gasteiger partial charge is 0.421 e. The summed E-state index contributed by atoms with van der Waals surface area (Å²) in [5.74, 6) is 0.218. The average molecular weight is 544 g/mol. The van der Waals surface area contributed by atoms with Gasteiger partial charge in [-0.3, -0.25) is 4.90 Å². The van der Waals surface area contributed by atoms with Gasteiger partial charge in [-0.1, -0.05) is 12.1 Å². The molecule has 4 rings (SSSR count). The number of pyridine rings is 1. The van der Waals surface area contributed by atoms with Crippen molar-refractivity contribution in [3.8, 4) is 0 Å². The van der Waals surface area contributed by atoms with E-state index in [1.807, 2.05) is 11.8 Å². The van der Waals surface area contributed by atoms with Crippen LogP contribution in [0.2, 0.25) is 0 Å². The minimum atomic E-state index is -4.82. The summed E-state index contributed by atoms with van der Waals surface area (Å²) in [5, 5.41) is 10.0. The summed E-state index contributed by atoms with van der Waals surface area (Å²) in [5.41, 5.74) is 3.02. The van der Waals surface area contributed by atoms with E-state index >= 15 is 0 Å². The number of anilines is 2. The lowest BCUT2D eigenvalue weighted by Gasteiger charge is -2.45. The van der Waals surface area contributed by atoms with Crippen molar-refractivity contribution in [2.24, 2.45) is 0 Å². The summed E-state index contributed by atoms with van der Waals surface area (Å²) < 4.78 is 73.5. The Morgan fingerprint density at radius 3 is 2.43 bits per heavy atom. The number of aliphatic hydroxyl groups is 1. The number of piperazine rings is 1. The molecule has 204 valence electrons. The summed E-state index contributed by atoms with van der Waals surface area (Å²) in [6.45, 7) is 5.81. The van der Waals surface area contributed by atoms with Crippen LogP contribution in [0.15, 0.2) is 47.5 Å². The monoisotopic (exact) mass is 543 g/mol. The lowest BCUT2D eigenvalue weighted by atomic mass is 9.95. The molecule has 3 heterocycles. The van der Waals surface area contributed by atoms with Crippen LogP contribution in [0.5, 0.6) is 0 Å². The molecule has 2 aliphatic rings. The second-order valence-electron chi connectivity index (χ2n) is 9.66. The molecule has 2 fully saturated rings. The van der Waals surface area contributed by atoms with Crippen LogP contribution in [0.3, 0.4) is 0 Å². The maximum Gasteiger partial charge on any atom is 0.421 e. The highest BCUT2D eigenvalue weighted by atomic mass is 32.2. The quantitative estimate of drug-likeness (QED) is 0.570. The number of halogens is 3. The van der Waals surface area contributed by atoms with Crippen molar-refractivity contribution < 1.29 is 31.4 Å². The summed E-state index contributed by atoms with van der Waals surface area (Å²) in [6, 6.07) is 8.33. The first-order valence-electron chi connectivity index (χ1n) is 12.0. The zero-order valence-corrected chi connectivity index (χ0v) is 21.5. The Kier molecular flexibility index (Phi) is 7.73. The normalized spacial score (nSPS) is 24.1. The number of morpholine rings is 1. The van der Waals surface area contributed by atoms with Crippen LogP contribution in [-0.4, -0.2) is 91.9 Å². The van der Waals surface area contributed by atoms with Crippen molar-refractivity contribution in [3.63, 3.8) is 0 Å². The highest BCUT2D eigenvalue weighted by Crippen LogP contribution is 2.39. The molecule has 2 saturated heterocycles. The molecule has 0 spiro atoms. The van der Waals surface area contributed by atoms with E-state index in [9.17, 15) is 26.7 Å². The van der Waals surface area contributed by atoms with Crippen LogP contribution in [0, 0.1) is 0 Å². The predicted molar refractivity (Wildman–Crippen MR) is 132 cm³/mol. The van der Waals surface area contributed by atoms with Crippen molar-refractivity contribution in [2.45, 2.75) is 42.6 Å². The van der Waals surface area contributed by atoms with E-state index in [1.165, 1.54) is 34.8 Å². The molecular weight excluding hydrogens is 511 g/mol. The summed E-state index contributed by atoms with van der Waals surface area (Å²) in [7, 11) is -3.83. The smallest absolute Gasteiger partial charge is 0.384 e. The van der Waals surface area contributed by atoms with Gasteiger partial charge in [-0.15, -0.1) is 0 Å². The Bertz CT molecular complexity index is 1180. The maximum absolute atomic E-state index is 13.4. The number of ether oxygens (including phenoxy) is 1. The lowest BCUT2D eigenvalue weighted by molar-refractivity contribution is -0.258. The third-order valence-corrected chi connectivity index (χ3v) is 8.95. The second-order valence-corrected chi connectivity index (χ2v) is 11.6. The van der Waals surface area contributed by atoms with Gasteiger partial charge in [-0.2, -0.15) is 17.5 Å². The molecule has 3 unspecified atom stereocenters. The van der Waals surface area contributed by atoms with Crippen molar-refractivity contribution >= 4 is 21.5 Å². The minimum Gasteiger partial charge on any atom is -0.384 e. The number of aromatic nitrogens is 1. The molecule has 0 saturated carbocycles. The van der Waals surface area contributed by atoms with Crippen molar-refractivity contribution in [1.29, 1.82) is 0 Å². The number of hydrogen-bond donors (Lipinski definition) is 2. The van der Waals surface area contributed by atoms with Gasteiger partial charge in [0.2, 0.25) is 10.0 Å². The molecule has 0 amide bonds. The number of rotatable bonds is 6. The van der Waals surface area contributed by atoms with E-state index in [-0.39, 0.29) is 41.4 Å². The zero-order chi connectivity index (χ0) is 27.0. The van der Waals surface area contributed by atoms with Crippen molar-refractivity contribution in [2.75, 3.05) is 56.6 Å². The molecule has 37 heavy (non-hydrogen) atoms. The Balaban J connectivity index is 1.61. The number of nitrogen functional groups attached to an aromatic ring is 1. The molecule has 2 aromatic rings. The lowest BCUT2D eigenvalue weighted by Crippen LogP contribution is -2.60. The molecule has 0 aliphatic carbocycles. The van der Waals surface area contributed by atoms with Gasteiger partial charge < -0.3 is 20.5 Å². The Hall–Kier alpha value is -2.45. The summed E-state index contributed by atoms with van der Waals surface area (Å²) >= 11 is 0. The molecule has 3 atom stereocenters. The molecule has 1 aromatic carbocycles. The standard InChI is InChI=1S/C24H32F3N5O4S/c1-17-16-36-12-11-30(17)14-20-15-31(37(34,35)21-7-8-22(28)29-13-21)9-10-32(20)19-5-3-18(4-6-19)23(2,33)24(25,26)27/h3-8,13,17,20,33H,9-12,14-16H2,1-2H3,(H2,28,29). The number of alkyl halides is 3. The average Bonchev–Trinajstić information content (AvgIpc) is 2.85. The molecular formula is C24H32F3N5O4S. The molecule has 2 aliphatic heterocycles. The minimum absolute atomic E-state index is 0.0485. The van der Waals surface area contributed by atoms with Gasteiger partial charge in [-0.25, -0.2) is 13.4 Å². The van der Waals surface area contributed by atoms with Crippen LogP contribution in [0.1, 0.15) is 19.4 Å². The van der Waals surface area contributed by atoms with Crippen LogP contribution >= 0.6 is 0 Å². The fourth-order valence-electron chi connectivity index (χ4n) is 4.68. The van der Waals surface area contributed by atoms with E-state index in [0.29, 0.717) is 38.5 Å². The zero-order valence-electron chi connectivity index (χ0n) is 20.7. The fraction of sp³-hybridized carbons (Fsp3) is 0.542. The molecule has 13 heteroatoms. The number of sulfonamides is 1. The Labute approximate surface area is 214 Å². The molecule has 9 nitrogen and oxygen atoms in total. The van der Waals surface area contributed by atoms with E-state index in [0.717, 1.165) is 6.92 Å². The topological polar surface area (TPSA) is 112 Å². The van der Waals surface area contributed by atoms with Gasteiger partial charge >= 0.3 is 6.18 Å². The number of nitrogens with zero attached hydrogens (tertiary/aromatic N) is 4. The molecule has 1 aromatic heterocycles. The van der Waals surface area contributed by atoms with Gasteiger partial charge in [0, 0.05) is 50.6 Å². The SMILES string of the molecule is CC1COCCN1CC1CN(S(=O)(=O)c2ccc(N)nc2)CCN1c1ccc(C(C)(O)C(F)(F)F)cc1. The van der Waals surface area contributed by atoms with Gasteiger partial charge in [0.1, 0.15) is 10.7 Å². The Morgan fingerprint density at radius 2 is 1.84 bits per heavy atom. The predicted octanol–water partition coefficient (Wildman–Crippen LogP) is 2.03. The highest BCUT2D eigenvalue weighted by molar-refractivity contribution is 7.89. The number of benzene rings is 1. The van der Waals surface area contributed by atoms with Crippen molar-refractivity contribution in [1.82, 2.24) is 14.2 Å². The molecule has 0 bridgehead atoms. The van der Waals surface area contributed by atoms with Crippen LogP contribution in [0.25, 0.3) is 0 Å². The van der Waals surface area contributed by atoms with Gasteiger partial charge in [0.05, 0.1) is 19.3 Å². The van der Waals surface area contributed by atoms with Crippen molar-refractivity contribution in [3.05, 3.63) is 48.2 Å². The van der Waals surface area contributed by atoms with Crippen LogP contribution in [0.4, 0.5) is 24.7 Å². The van der Waals surface area contributed by atoms with E-state index < -0.39 is 21.8 Å². The maximum atomic E-state index is 13.4. The van der Waals surface area contributed by atoms with Crippen LogP contribution < -0.4 is 10.6 Å². The summed E-state index contributed by atoms with van der Waals surface area (Å²) in [4.78, 5) is 8.20. The first-order valence-corrected chi connectivity index (χ1v) is 13.4. The van der Waals surface area contributed by atoms with Gasteiger partial charge in [0.15, 0.2) is 5.60 Å². The molecule has 0 radical (unpaired) electrons. The second kappa shape index (κ2) is 10.4. The van der Waals surface area contributed by atoms with E-state index in [1.54, 1.807) is 12.1 Å². The van der Waals surface area contributed by atoms with Crippen LogP contribution in [-0.2, 0) is 20.4 Å². The fourth-order valence-corrected chi connectivity index (χ4v) is 6.09. The van der Waals surface area contributed by atoms with Gasteiger partial charge in [0.25, 0.3) is 0 Å². The Morgan fingerprint density at radius 1 is 1.14 bits per heavy atom. The van der Waals surface area contributed by atoms with E-state index in [4.69, 9.17) is 10.5 Å². The highest BCUT2D eigenvalue weighted by Gasteiger charge is 2.51. The van der Waals surface area contributed by atoms with E-state index in [2.05, 4.69) is 9.88 Å². The summed E-state index contributed by atoms with van der Waals surface area (Å²) in [6.07, 6.45) is -3.58. The van der Waals surface area contributed by atoms with Gasteiger partial charge in [-0.05, 0) is 43.7 Å². The first-order chi connectivity index (χ1) is 17.3. The number of hydrogen-bond acceptors (Lipinski definition) is 8. The molecule has 3 N–H and O–H groups in total. The third kappa shape index (κ3) is 5.70.